The SMILES string of the molecule is [C-]#[N+]c1ccc(-c2ccc(-c3ccc(-c4cccc5c4sc4c(-c6ccc(-c7ccc(-c8ccccc8)nc7)cc6)cccc45)cc3)cn2)cc1. The van der Waals surface area contributed by atoms with E-state index in [0.29, 0.717) is 5.69 Å². The predicted molar refractivity (Wildman–Crippen MR) is 214 cm³/mol. The maximum absolute atomic E-state index is 7.18. The molecule has 0 radical (unpaired) electrons. The fraction of sp³-hybridized carbons (Fsp3) is 0. The predicted octanol–water partition coefficient (Wildman–Crippen LogP) is 13.4. The molecule has 9 aromatic rings. The molecule has 3 heterocycles. The van der Waals surface area contributed by atoms with Gasteiger partial charge in [-0.25, -0.2) is 4.85 Å². The van der Waals surface area contributed by atoms with E-state index in [1.807, 2.05) is 72.3 Å². The zero-order chi connectivity index (χ0) is 34.1. The van der Waals surface area contributed by atoms with Crippen LogP contribution >= 0.6 is 11.3 Å². The molecule has 51 heavy (non-hydrogen) atoms. The number of thiophene rings is 1. The average molecular weight is 668 g/mol. The number of pyridine rings is 2. The van der Waals surface area contributed by atoms with Gasteiger partial charge in [0.1, 0.15) is 0 Å². The first kappa shape index (κ1) is 30.4. The molecule has 3 aromatic heterocycles. The minimum absolute atomic E-state index is 0.632. The standard InChI is InChI=1S/C47H29N3S/c1-48-39-25-21-36(22-26-39)45-28-24-38(30-50-45)32-15-19-34(20-16-32)41-10-6-12-43-42-11-5-9-40(46(42)51-47(41)43)33-17-13-31(14-18-33)37-23-27-44(49-29-37)35-7-3-2-4-8-35/h2-30H. The van der Waals surface area contributed by atoms with Crippen LogP contribution in [0.25, 0.3) is 92.0 Å². The van der Waals surface area contributed by atoms with Crippen LogP contribution in [0.2, 0.25) is 0 Å². The van der Waals surface area contributed by atoms with E-state index < -0.39 is 0 Å². The van der Waals surface area contributed by atoms with Gasteiger partial charge in [0.25, 0.3) is 0 Å². The zero-order valence-corrected chi connectivity index (χ0v) is 28.3. The fourth-order valence-electron chi connectivity index (χ4n) is 6.75. The Labute approximate surface area is 300 Å². The van der Waals surface area contributed by atoms with Crippen molar-refractivity contribution in [3.8, 4) is 67.0 Å². The van der Waals surface area contributed by atoms with E-state index in [0.717, 1.165) is 44.8 Å². The molecule has 238 valence electrons. The van der Waals surface area contributed by atoms with E-state index >= 15 is 0 Å². The van der Waals surface area contributed by atoms with Crippen molar-refractivity contribution in [2.45, 2.75) is 0 Å². The summed E-state index contributed by atoms with van der Waals surface area (Å²) in [5.74, 6) is 0. The van der Waals surface area contributed by atoms with Crippen LogP contribution in [0, 0.1) is 6.57 Å². The van der Waals surface area contributed by atoms with Gasteiger partial charge in [-0.1, -0.05) is 152 Å². The average Bonchev–Trinajstić information content (AvgIpc) is 3.61. The van der Waals surface area contributed by atoms with Crippen LogP contribution in [-0.2, 0) is 0 Å². The largest absolute Gasteiger partial charge is 0.256 e. The van der Waals surface area contributed by atoms with Crippen molar-refractivity contribution in [3.63, 3.8) is 0 Å². The maximum atomic E-state index is 7.18. The lowest BCUT2D eigenvalue weighted by Crippen LogP contribution is -1.85. The second kappa shape index (κ2) is 13.0. The maximum Gasteiger partial charge on any atom is 0.187 e. The van der Waals surface area contributed by atoms with Crippen LogP contribution < -0.4 is 0 Å². The van der Waals surface area contributed by atoms with E-state index in [9.17, 15) is 0 Å². The minimum atomic E-state index is 0.632. The summed E-state index contributed by atoms with van der Waals surface area (Å²) in [6, 6.07) is 57.2. The lowest BCUT2D eigenvalue weighted by atomic mass is 9.98. The summed E-state index contributed by atoms with van der Waals surface area (Å²) in [4.78, 5) is 12.9. The molecule has 0 aliphatic carbocycles. The molecular formula is C47H29N3S. The number of nitrogens with zero attached hydrogens (tertiary/aromatic N) is 3. The highest BCUT2D eigenvalue weighted by molar-refractivity contribution is 7.26. The molecule has 0 unspecified atom stereocenters. The Hall–Kier alpha value is -6.67. The molecule has 6 aromatic carbocycles. The van der Waals surface area contributed by atoms with Crippen LogP contribution in [0.4, 0.5) is 5.69 Å². The Balaban J connectivity index is 0.995. The molecule has 9 rings (SSSR count). The Morgan fingerprint density at radius 2 is 0.804 bits per heavy atom. The summed E-state index contributed by atoms with van der Waals surface area (Å²) in [7, 11) is 0. The van der Waals surface area contributed by atoms with Crippen molar-refractivity contribution in [1.29, 1.82) is 0 Å². The van der Waals surface area contributed by atoms with Crippen molar-refractivity contribution < 1.29 is 0 Å². The molecule has 0 bridgehead atoms. The van der Waals surface area contributed by atoms with E-state index in [1.165, 1.54) is 42.4 Å². The van der Waals surface area contributed by atoms with E-state index in [4.69, 9.17) is 16.5 Å². The summed E-state index contributed by atoms with van der Waals surface area (Å²) in [6.07, 6.45) is 3.89. The molecule has 0 aliphatic rings. The second-order valence-corrected chi connectivity index (χ2v) is 13.5. The Morgan fingerprint density at radius 3 is 1.25 bits per heavy atom. The number of fused-ring (bicyclic) bond motifs is 3. The third-order valence-electron chi connectivity index (χ3n) is 9.47. The second-order valence-electron chi connectivity index (χ2n) is 12.5. The third kappa shape index (κ3) is 5.76. The summed E-state index contributed by atoms with van der Waals surface area (Å²) in [5, 5.41) is 2.56. The van der Waals surface area contributed by atoms with Gasteiger partial charge in [-0.2, -0.15) is 0 Å². The highest BCUT2D eigenvalue weighted by Crippen LogP contribution is 2.44. The smallest absolute Gasteiger partial charge is 0.187 e. The highest BCUT2D eigenvalue weighted by Gasteiger charge is 2.14. The molecule has 0 fully saturated rings. The lowest BCUT2D eigenvalue weighted by Gasteiger charge is -2.07. The van der Waals surface area contributed by atoms with Crippen LogP contribution in [0.3, 0.4) is 0 Å². The first-order valence-electron chi connectivity index (χ1n) is 16.8. The van der Waals surface area contributed by atoms with E-state index in [1.54, 1.807) is 0 Å². The van der Waals surface area contributed by atoms with Gasteiger partial charge in [-0.15, -0.1) is 11.3 Å². The van der Waals surface area contributed by atoms with Crippen LogP contribution in [0.15, 0.2) is 176 Å². The molecule has 0 saturated heterocycles. The molecule has 4 heteroatoms. The molecule has 0 saturated carbocycles. The molecule has 3 nitrogen and oxygen atoms in total. The van der Waals surface area contributed by atoms with Gasteiger partial charge < -0.3 is 0 Å². The number of aromatic nitrogens is 2. The number of hydrogen-bond donors (Lipinski definition) is 0. The van der Waals surface area contributed by atoms with Crippen LogP contribution in [0.5, 0.6) is 0 Å². The lowest BCUT2D eigenvalue weighted by molar-refractivity contribution is 1.32. The zero-order valence-electron chi connectivity index (χ0n) is 27.5. The number of rotatable bonds is 6. The van der Waals surface area contributed by atoms with Gasteiger partial charge in [-0.3, -0.25) is 9.97 Å². The quantitative estimate of drug-likeness (QED) is 0.165. The number of benzene rings is 6. The summed E-state index contributed by atoms with van der Waals surface area (Å²) in [6.45, 7) is 7.18. The monoisotopic (exact) mass is 667 g/mol. The van der Waals surface area contributed by atoms with Crippen molar-refractivity contribution in [3.05, 3.63) is 188 Å². The van der Waals surface area contributed by atoms with E-state index in [2.05, 4.69) is 120 Å². The minimum Gasteiger partial charge on any atom is -0.256 e. The summed E-state index contributed by atoms with van der Waals surface area (Å²) >= 11 is 1.87. The Morgan fingerprint density at radius 1 is 0.373 bits per heavy atom. The van der Waals surface area contributed by atoms with Crippen LogP contribution in [0.1, 0.15) is 0 Å². The van der Waals surface area contributed by atoms with Crippen molar-refractivity contribution in [1.82, 2.24) is 9.97 Å². The normalized spacial score (nSPS) is 11.1. The third-order valence-corrected chi connectivity index (χ3v) is 10.8. The molecular weight excluding hydrogens is 639 g/mol. The van der Waals surface area contributed by atoms with Gasteiger partial charge in [0.05, 0.1) is 18.0 Å². The fourth-order valence-corrected chi connectivity index (χ4v) is 8.12. The molecule has 0 N–H and O–H groups in total. The van der Waals surface area contributed by atoms with Gasteiger partial charge in [0.15, 0.2) is 5.69 Å². The van der Waals surface area contributed by atoms with Crippen molar-refractivity contribution in [2.24, 2.45) is 0 Å². The first-order chi connectivity index (χ1) is 25.2. The number of hydrogen-bond acceptors (Lipinski definition) is 3. The first-order valence-corrected chi connectivity index (χ1v) is 17.6. The van der Waals surface area contributed by atoms with Crippen molar-refractivity contribution >= 4 is 37.2 Å². The highest BCUT2D eigenvalue weighted by atomic mass is 32.1. The topological polar surface area (TPSA) is 30.1 Å². The Kier molecular flexibility index (Phi) is 7.74. The van der Waals surface area contributed by atoms with Gasteiger partial charge in [0, 0.05) is 49.3 Å². The Bertz CT molecular complexity index is 2690. The molecule has 0 spiro atoms. The molecule has 0 aliphatic heterocycles. The van der Waals surface area contributed by atoms with Gasteiger partial charge in [0.2, 0.25) is 0 Å². The van der Waals surface area contributed by atoms with E-state index in [-0.39, 0.29) is 0 Å². The van der Waals surface area contributed by atoms with Gasteiger partial charge in [-0.05, 0) is 51.1 Å². The molecule has 0 amide bonds. The van der Waals surface area contributed by atoms with Crippen molar-refractivity contribution in [2.75, 3.05) is 0 Å². The van der Waals surface area contributed by atoms with Crippen LogP contribution in [-0.4, -0.2) is 9.97 Å². The molecule has 0 atom stereocenters. The summed E-state index contributed by atoms with van der Waals surface area (Å²) in [5.41, 5.74) is 14.0. The summed E-state index contributed by atoms with van der Waals surface area (Å²) < 4.78 is 2.59. The van der Waals surface area contributed by atoms with Gasteiger partial charge >= 0.3 is 0 Å².